The lowest BCUT2D eigenvalue weighted by Crippen LogP contribution is -2.34. The molecule has 3 heteroatoms. The first-order chi connectivity index (χ1) is 11.5. The highest BCUT2D eigenvalue weighted by molar-refractivity contribution is 5.89. The normalized spacial score (nSPS) is 12.0. The monoisotopic (exact) mass is 322 g/mol. The van der Waals surface area contributed by atoms with Gasteiger partial charge in [-0.1, -0.05) is 62.1 Å². The van der Waals surface area contributed by atoms with Crippen LogP contribution in [0.3, 0.4) is 0 Å². The minimum absolute atomic E-state index is 0.134. The lowest BCUT2D eigenvalue weighted by molar-refractivity contribution is -0.0107. The summed E-state index contributed by atoms with van der Waals surface area (Å²) < 4.78 is 5.33. The summed E-state index contributed by atoms with van der Waals surface area (Å²) >= 11 is 0. The fourth-order valence-corrected chi connectivity index (χ4v) is 2.05. The van der Waals surface area contributed by atoms with Crippen LogP contribution < -0.4 is 0 Å². The number of aliphatic hydroxyl groups excluding tert-OH is 1. The van der Waals surface area contributed by atoms with Crippen molar-refractivity contribution in [2.45, 2.75) is 26.4 Å². The van der Waals surface area contributed by atoms with Gasteiger partial charge in [0.2, 0.25) is 0 Å². The van der Waals surface area contributed by atoms with Crippen LogP contribution in [0.25, 0.3) is 0 Å². The van der Waals surface area contributed by atoms with Crippen LogP contribution in [-0.4, -0.2) is 23.8 Å². The number of carbonyl (C=O) groups is 1. The standard InChI is InChI=1S/C21H22O3/c1-21(2,16-24-20(23)18-13-7-4-8-14-18)19(22)15-9-12-17-10-5-3-6-11-17/h3-8,10-11,13-14,19,22H,15-16H2,1-2H3/t19-/m1/s1. The lowest BCUT2D eigenvalue weighted by Gasteiger charge is -2.28. The second kappa shape index (κ2) is 8.33. The van der Waals surface area contributed by atoms with E-state index in [9.17, 15) is 9.90 Å². The Hall–Kier alpha value is -2.57. The van der Waals surface area contributed by atoms with Gasteiger partial charge in [0.15, 0.2) is 0 Å². The van der Waals surface area contributed by atoms with Crippen molar-refractivity contribution in [3.63, 3.8) is 0 Å². The van der Waals surface area contributed by atoms with Crippen molar-refractivity contribution in [1.82, 2.24) is 0 Å². The van der Waals surface area contributed by atoms with Gasteiger partial charge in [-0.05, 0) is 24.3 Å². The number of aliphatic hydroxyl groups is 1. The number of ether oxygens (including phenoxy) is 1. The molecular weight excluding hydrogens is 300 g/mol. The van der Waals surface area contributed by atoms with Gasteiger partial charge in [0.05, 0.1) is 18.3 Å². The molecular formula is C21H22O3. The van der Waals surface area contributed by atoms with Crippen molar-refractivity contribution < 1.29 is 14.6 Å². The first-order valence-corrected chi connectivity index (χ1v) is 7.93. The van der Waals surface area contributed by atoms with Gasteiger partial charge in [0.1, 0.15) is 0 Å². The molecule has 0 heterocycles. The molecule has 0 bridgehead atoms. The van der Waals surface area contributed by atoms with E-state index in [1.54, 1.807) is 24.3 Å². The van der Waals surface area contributed by atoms with Crippen molar-refractivity contribution in [2.75, 3.05) is 6.61 Å². The zero-order valence-electron chi connectivity index (χ0n) is 14.0. The van der Waals surface area contributed by atoms with E-state index in [1.165, 1.54) is 0 Å². The third-order valence-electron chi connectivity index (χ3n) is 3.79. The van der Waals surface area contributed by atoms with E-state index in [4.69, 9.17) is 4.74 Å². The molecule has 1 N–H and O–H groups in total. The SMILES string of the molecule is CC(C)(COC(=O)c1ccccc1)[C@H](O)CC#Cc1ccccc1. The molecule has 1 atom stereocenters. The number of esters is 1. The topological polar surface area (TPSA) is 46.5 Å². The maximum absolute atomic E-state index is 12.0. The third kappa shape index (κ3) is 5.26. The fourth-order valence-electron chi connectivity index (χ4n) is 2.05. The van der Waals surface area contributed by atoms with E-state index >= 15 is 0 Å². The maximum Gasteiger partial charge on any atom is 0.338 e. The molecule has 2 aromatic carbocycles. The van der Waals surface area contributed by atoms with Gasteiger partial charge in [-0.2, -0.15) is 0 Å². The Kier molecular flexibility index (Phi) is 6.17. The smallest absolute Gasteiger partial charge is 0.338 e. The predicted octanol–water partition coefficient (Wildman–Crippen LogP) is 3.67. The summed E-state index contributed by atoms with van der Waals surface area (Å²) in [7, 11) is 0. The van der Waals surface area contributed by atoms with Crippen LogP contribution in [0, 0.1) is 17.3 Å². The lowest BCUT2D eigenvalue weighted by atomic mass is 9.86. The van der Waals surface area contributed by atoms with Crippen molar-refractivity contribution in [3.05, 3.63) is 71.8 Å². The van der Waals surface area contributed by atoms with E-state index in [2.05, 4.69) is 11.8 Å². The van der Waals surface area contributed by atoms with E-state index in [0.717, 1.165) is 5.56 Å². The molecule has 0 radical (unpaired) electrons. The molecule has 0 aliphatic rings. The van der Waals surface area contributed by atoms with Crippen molar-refractivity contribution in [3.8, 4) is 11.8 Å². The van der Waals surface area contributed by atoms with E-state index in [1.807, 2.05) is 50.2 Å². The van der Waals surface area contributed by atoms with E-state index in [0.29, 0.717) is 12.0 Å². The fraction of sp³-hybridized carbons (Fsp3) is 0.286. The number of hydrogen-bond donors (Lipinski definition) is 1. The van der Waals surface area contributed by atoms with Crippen LogP contribution in [0.2, 0.25) is 0 Å². The van der Waals surface area contributed by atoms with Crippen LogP contribution in [0.1, 0.15) is 36.2 Å². The first kappa shape index (κ1) is 17.8. The Balaban J connectivity index is 1.87. The summed E-state index contributed by atoms with van der Waals surface area (Å²) in [4.78, 5) is 12.0. The number of benzene rings is 2. The highest BCUT2D eigenvalue weighted by atomic mass is 16.5. The number of rotatable bonds is 5. The Morgan fingerprint density at radius 3 is 2.29 bits per heavy atom. The molecule has 24 heavy (non-hydrogen) atoms. The van der Waals surface area contributed by atoms with Gasteiger partial charge in [-0.15, -0.1) is 0 Å². The predicted molar refractivity (Wildman–Crippen MR) is 94.4 cm³/mol. The summed E-state index contributed by atoms with van der Waals surface area (Å²) in [5, 5.41) is 10.3. The summed E-state index contributed by atoms with van der Waals surface area (Å²) in [6.45, 7) is 3.86. The summed E-state index contributed by atoms with van der Waals surface area (Å²) in [5.74, 6) is 5.62. The van der Waals surface area contributed by atoms with Crippen LogP contribution in [0.4, 0.5) is 0 Å². The molecule has 0 amide bonds. The number of hydrogen-bond acceptors (Lipinski definition) is 3. The van der Waals surface area contributed by atoms with Gasteiger partial charge < -0.3 is 9.84 Å². The zero-order chi connectivity index (χ0) is 17.4. The molecule has 0 saturated heterocycles. The average Bonchev–Trinajstić information content (AvgIpc) is 2.61. The van der Waals surface area contributed by atoms with Crippen LogP contribution >= 0.6 is 0 Å². The Bertz CT molecular complexity index is 709. The zero-order valence-corrected chi connectivity index (χ0v) is 14.0. The molecule has 0 aliphatic carbocycles. The molecule has 0 spiro atoms. The van der Waals surface area contributed by atoms with Crippen molar-refractivity contribution in [2.24, 2.45) is 5.41 Å². The Labute approximate surface area is 143 Å². The molecule has 0 aromatic heterocycles. The molecule has 2 rings (SSSR count). The summed E-state index contributed by atoms with van der Waals surface area (Å²) in [5.41, 5.74) is 0.847. The Morgan fingerprint density at radius 2 is 1.67 bits per heavy atom. The summed E-state index contributed by atoms with van der Waals surface area (Å²) in [6, 6.07) is 18.5. The Morgan fingerprint density at radius 1 is 1.08 bits per heavy atom. The van der Waals surface area contributed by atoms with Crippen molar-refractivity contribution in [1.29, 1.82) is 0 Å². The van der Waals surface area contributed by atoms with Gasteiger partial charge >= 0.3 is 5.97 Å². The largest absolute Gasteiger partial charge is 0.461 e. The van der Waals surface area contributed by atoms with Gasteiger partial charge in [-0.25, -0.2) is 4.79 Å². The second-order valence-electron chi connectivity index (χ2n) is 6.32. The third-order valence-corrected chi connectivity index (χ3v) is 3.79. The number of carbonyl (C=O) groups excluding carboxylic acids is 1. The van der Waals surface area contributed by atoms with E-state index < -0.39 is 11.5 Å². The molecule has 0 unspecified atom stereocenters. The molecule has 0 saturated carbocycles. The van der Waals surface area contributed by atoms with Gasteiger partial charge in [-0.3, -0.25) is 0 Å². The first-order valence-electron chi connectivity index (χ1n) is 7.93. The highest BCUT2D eigenvalue weighted by Crippen LogP contribution is 2.23. The van der Waals surface area contributed by atoms with Crippen LogP contribution in [0.15, 0.2) is 60.7 Å². The van der Waals surface area contributed by atoms with E-state index in [-0.39, 0.29) is 12.6 Å². The average molecular weight is 322 g/mol. The van der Waals surface area contributed by atoms with Gasteiger partial charge in [0, 0.05) is 17.4 Å². The minimum atomic E-state index is -0.683. The second-order valence-corrected chi connectivity index (χ2v) is 6.32. The summed E-state index contributed by atoms with van der Waals surface area (Å²) in [6.07, 6.45) is -0.359. The molecule has 0 fully saturated rings. The van der Waals surface area contributed by atoms with Gasteiger partial charge in [0.25, 0.3) is 0 Å². The molecule has 0 aliphatic heterocycles. The maximum atomic E-state index is 12.0. The molecule has 2 aromatic rings. The molecule has 3 nitrogen and oxygen atoms in total. The van der Waals surface area contributed by atoms with Crippen molar-refractivity contribution >= 4 is 5.97 Å². The van der Waals surface area contributed by atoms with Crippen LogP contribution in [-0.2, 0) is 4.74 Å². The molecule has 124 valence electrons. The van der Waals surface area contributed by atoms with Crippen LogP contribution in [0.5, 0.6) is 0 Å². The quantitative estimate of drug-likeness (QED) is 0.675. The minimum Gasteiger partial charge on any atom is -0.461 e. The highest BCUT2D eigenvalue weighted by Gasteiger charge is 2.29.